The Morgan fingerprint density at radius 2 is 1.40 bits per heavy atom. The third kappa shape index (κ3) is 3.73. The molecule has 9 heteroatoms. The lowest BCUT2D eigenvalue weighted by Crippen LogP contribution is -2.48. The van der Waals surface area contributed by atoms with Gasteiger partial charge < -0.3 is 0 Å². The molecule has 15 heavy (non-hydrogen) atoms. The summed E-state index contributed by atoms with van der Waals surface area (Å²) in [7, 11) is -5.36. The fraction of sp³-hybridized carbons (Fsp3) is 0.667. The topological polar surface area (TPSA) is 34.1 Å². The summed E-state index contributed by atoms with van der Waals surface area (Å²) in [6.45, 7) is 2.78. The molecule has 0 unspecified atom stereocenters. The van der Waals surface area contributed by atoms with Gasteiger partial charge in [-0.15, -0.1) is 6.58 Å². The molecule has 0 aliphatic rings. The van der Waals surface area contributed by atoms with Crippen molar-refractivity contribution >= 4 is 9.84 Å². The van der Waals surface area contributed by atoms with Gasteiger partial charge in [0.15, 0.2) is 9.84 Å². The van der Waals surface area contributed by atoms with Crippen molar-refractivity contribution in [2.24, 2.45) is 0 Å². The van der Waals surface area contributed by atoms with Crippen LogP contribution in [0.4, 0.5) is 26.3 Å². The van der Waals surface area contributed by atoms with Crippen molar-refractivity contribution in [2.45, 2.75) is 17.6 Å². The fourth-order valence-corrected chi connectivity index (χ4v) is 2.19. The van der Waals surface area contributed by atoms with Crippen LogP contribution in [0.3, 0.4) is 0 Å². The van der Waals surface area contributed by atoms with Gasteiger partial charge in [-0.3, -0.25) is 0 Å². The van der Waals surface area contributed by atoms with Crippen LogP contribution >= 0.6 is 0 Å². The largest absolute Gasteiger partial charge is 0.414 e. The molecule has 0 aliphatic heterocycles. The number of halogens is 6. The van der Waals surface area contributed by atoms with E-state index in [0.29, 0.717) is 6.08 Å². The Hall–Kier alpha value is -0.730. The molecule has 0 spiro atoms. The summed E-state index contributed by atoms with van der Waals surface area (Å²) < 4.78 is 92.8. The molecule has 0 aromatic heterocycles. The maximum Gasteiger partial charge on any atom is 0.414 e. The Balaban J connectivity index is 5.43. The van der Waals surface area contributed by atoms with Crippen LogP contribution in [-0.4, -0.2) is 31.8 Å². The van der Waals surface area contributed by atoms with Crippen LogP contribution in [0.25, 0.3) is 0 Å². The van der Waals surface area contributed by atoms with Crippen LogP contribution in [0.2, 0.25) is 0 Å². The molecule has 0 aliphatic carbocycles. The van der Waals surface area contributed by atoms with Gasteiger partial charge in [0.25, 0.3) is 5.25 Å². The second-order valence-corrected chi connectivity index (χ2v) is 4.71. The van der Waals surface area contributed by atoms with Crippen LogP contribution in [0.1, 0.15) is 0 Å². The molecule has 0 aromatic rings. The Labute approximate surface area is 81.5 Å². The highest BCUT2D eigenvalue weighted by Crippen LogP contribution is 2.38. The summed E-state index contributed by atoms with van der Waals surface area (Å²) in [5.41, 5.74) is 0. The first kappa shape index (κ1) is 14.3. The molecule has 0 fully saturated rings. The van der Waals surface area contributed by atoms with E-state index in [4.69, 9.17) is 0 Å². The Morgan fingerprint density at radius 3 is 1.60 bits per heavy atom. The van der Waals surface area contributed by atoms with E-state index in [1.54, 1.807) is 0 Å². The Morgan fingerprint density at radius 1 is 1.07 bits per heavy atom. The number of sulfone groups is 1. The molecule has 0 bridgehead atoms. The van der Waals surface area contributed by atoms with Crippen molar-refractivity contribution in [2.75, 3.05) is 5.75 Å². The third-order valence-electron chi connectivity index (χ3n) is 1.30. The van der Waals surface area contributed by atoms with Gasteiger partial charge in [0, 0.05) is 0 Å². The van der Waals surface area contributed by atoms with Gasteiger partial charge in [-0.05, 0) is 0 Å². The summed E-state index contributed by atoms with van der Waals surface area (Å²) in [5.74, 6) is -1.38. The highest BCUT2D eigenvalue weighted by molar-refractivity contribution is 7.92. The second kappa shape index (κ2) is 4.03. The molecular weight excluding hydrogens is 250 g/mol. The first-order chi connectivity index (χ1) is 6.43. The first-order valence-corrected chi connectivity index (χ1v) is 5.10. The average Bonchev–Trinajstić information content (AvgIpc) is 1.75. The number of rotatable bonds is 3. The van der Waals surface area contributed by atoms with Crippen molar-refractivity contribution in [3.8, 4) is 0 Å². The molecule has 90 valence electrons. The standard InChI is InChI=1S/C6H6F6O2S/c1-2-3-15(13,14)4(5(7,8)9)6(10,11)12/h2,4H,1,3H2. The number of hydrogen-bond acceptors (Lipinski definition) is 2. The van der Waals surface area contributed by atoms with Gasteiger partial charge in [-0.2, -0.15) is 26.3 Å². The average molecular weight is 256 g/mol. The molecule has 0 N–H and O–H groups in total. The fourth-order valence-electron chi connectivity index (χ4n) is 0.853. The van der Waals surface area contributed by atoms with Crippen molar-refractivity contribution in [1.82, 2.24) is 0 Å². The first-order valence-electron chi connectivity index (χ1n) is 3.39. The van der Waals surface area contributed by atoms with Gasteiger partial charge in [-0.25, -0.2) is 8.42 Å². The lowest BCUT2D eigenvalue weighted by atomic mass is 10.4. The quantitative estimate of drug-likeness (QED) is 0.572. The van der Waals surface area contributed by atoms with Crippen molar-refractivity contribution in [3.05, 3.63) is 12.7 Å². The Kier molecular flexibility index (Phi) is 3.83. The van der Waals surface area contributed by atoms with Crippen LogP contribution < -0.4 is 0 Å². The van der Waals surface area contributed by atoms with Gasteiger partial charge in [0.2, 0.25) is 0 Å². The molecule has 0 aromatic carbocycles. The second-order valence-electron chi connectivity index (χ2n) is 2.58. The predicted octanol–water partition coefficient (Wildman–Crippen LogP) is 2.08. The van der Waals surface area contributed by atoms with E-state index >= 15 is 0 Å². The minimum atomic E-state index is -5.87. The molecule has 0 saturated heterocycles. The number of alkyl halides is 6. The maximum absolute atomic E-state index is 11.9. The molecule has 0 saturated carbocycles. The zero-order valence-corrected chi connectivity index (χ0v) is 7.88. The van der Waals surface area contributed by atoms with Crippen LogP contribution in [0.15, 0.2) is 12.7 Å². The third-order valence-corrected chi connectivity index (χ3v) is 3.26. The highest BCUT2D eigenvalue weighted by Gasteiger charge is 2.63. The lowest BCUT2D eigenvalue weighted by molar-refractivity contribution is -0.226. The summed E-state index contributed by atoms with van der Waals surface area (Å²) >= 11 is 0. The summed E-state index contributed by atoms with van der Waals surface area (Å²) in [4.78, 5) is 0. The van der Waals surface area contributed by atoms with Crippen LogP contribution in [0, 0.1) is 0 Å². The van der Waals surface area contributed by atoms with Gasteiger partial charge in [-0.1, -0.05) is 6.08 Å². The minimum Gasteiger partial charge on any atom is -0.228 e. The van der Waals surface area contributed by atoms with Gasteiger partial charge >= 0.3 is 12.4 Å². The maximum atomic E-state index is 11.9. The summed E-state index contributed by atoms with van der Waals surface area (Å²) in [5, 5.41) is -4.35. The summed E-state index contributed by atoms with van der Waals surface area (Å²) in [6.07, 6.45) is -11.3. The van der Waals surface area contributed by atoms with Crippen LogP contribution in [-0.2, 0) is 9.84 Å². The smallest absolute Gasteiger partial charge is 0.228 e. The molecule has 0 radical (unpaired) electrons. The molecular formula is C6H6F6O2S. The molecule has 0 heterocycles. The minimum absolute atomic E-state index is 0.472. The molecule has 0 amide bonds. The van der Waals surface area contributed by atoms with Crippen LogP contribution in [0.5, 0.6) is 0 Å². The number of hydrogen-bond donors (Lipinski definition) is 0. The molecule has 2 nitrogen and oxygen atoms in total. The van der Waals surface area contributed by atoms with Crippen molar-refractivity contribution < 1.29 is 34.8 Å². The van der Waals surface area contributed by atoms with Crippen molar-refractivity contribution in [3.63, 3.8) is 0 Å². The zero-order valence-electron chi connectivity index (χ0n) is 7.06. The van der Waals surface area contributed by atoms with Gasteiger partial charge in [0.1, 0.15) is 0 Å². The SMILES string of the molecule is C=CCS(=O)(=O)C(C(F)(F)F)C(F)(F)F. The van der Waals surface area contributed by atoms with E-state index in [1.807, 2.05) is 0 Å². The summed E-state index contributed by atoms with van der Waals surface area (Å²) in [6, 6.07) is 0. The van der Waals surface area contributed by atoms with Crippen molar-refractivity contribution in [1.29, 1.82) is 0 Å². The van der Waals surface area contributed by atoms with E-state index in [0.717, 1.165) is 0 Å². The predicted molar refractivity (Wildman–Crippen MR) is 39.9 cm³/mol. The van der Waals surface area contributed by atoms with E-state index in [-0.39, 0.29) is 0 Å². The zero-order chi connectivity index (χ0) is 12.5. The Bertz CT molecular complexity index is 311. The normalized spacial score (nSPS) is 14.3. The van der Waals surface area contributed by atoms with E-state index in [1.165, 1.54) is 0 Å². The lowest BCUT2D eigenvalue weighted by Gasteiger charge is -2.22. The van der Waals surface area contributed by atoms with Gasteiger partial charge in [0.05, 0.1) is 5.75 Å². The van der Waals surface area contributed by atoms with E-state index in [9.17, 15) is 34.8 Å². The highest BCUT2D eigenvalue weighted by atomic mass is 32.2. The monoisotopic (exact) mass is 256 g/mol. The molecule has 0 atom stereocenters. The molecule has 0 rings (SSSR count). The van der Waals surface area contributed by atoms with E-state index in [2.05, 4.69) is 6.58 Å². The van der Waals surface area contributed by atoms with E-state index < -0.39 is 33.2 Å².